The summed E-state index contributed by atoms with van der Waals surface area (Å²) >= 11 is 3.33. The van der Waals surface area contributed by atoms with E-state index in [1.165, 1.54) is 9.40 Å². The first-order valence-corrected chi connectivity index (χ1v) is 8.68. The third-order valence-electron chi connectivity index (χ3n) is 4.31. The number of hydrogen-bond acceptors (Lipinski definition) is 5. The van der Waals surface area contributed by atoms with Gasteiger partial charge in [-0.3, -0.25) is 4.79 Å². The second kappa shape index (κ2) is 4.91. The molecule has 1 spiro atoms. The lowest BCUT2D eigenvalue weighted by Crippen LogP contribution is -2.42. The zero-order valence-electron chi connectivity index (χ0n) is 11.1. The highest BCUT2D eigenvalue weighted by Gasteiger charge is 2.43. The predicted molar refractivity (Wildman–Crippen MR) is 80.9 cm³/mol. The van der Waals surface area contributed by atoms with E-state index in [0.29, 0.717) is 19.0 Å². The average molecular weight is 308 g/mol. The zero-order chi connectivity index (χ0) is 13.6. The average Bonchev–Trinajstić information content (AvgIpc) is 3.13. The Balaban J connectivity index is 1.57. The quantitative estimate of drug-likeness (QED) is 0.793. The van der Waals surface area contributed by atoms with Crippen molar-refractivity contribution in [3.05, 3.63) is 22.4 Å². The first-order chi connectivity index (χ1) is 9.76. The normalized spacial score (nSPS) is 30.3. The van der Waals surface area contributed by atoms with Crippen LogP contribution in [0.15, 0.2) is 17.5 Å². The molecule has 3 nitrogen and oxygen atoms in total. The van der Waals surface area contributed by atoms with Gasteiger partial charge >= 0.3 is 0 Å². The minimum atomic E-state index is -0.187. The summed E-state index contributed by atoms with van der Waals surface area (Å²) in [6.45, 7) is 2.09. The number of carbonyl (C=O) groups is 1. The van der Waals surface area contributed by atoms with Crippen molar-refractivity contribution < 1.29 is 14.3 Å². The first kappa shape index (κ1) is 13.0. The van der Waals surface area contributed by atoms with Crippen molar-refractivity contribution in [3.8, 4) is 0 Å². The molecule has 2 saturated heterocycles. The van der Waals surface area contributed by atoms with Gasteiger partial charge in [0, 0.05) is 35.0 Å². The van der Waals surface area contributed by atoms with E-state index in [1.54, 1.807) is 22.7 Å². The molecule has 0 aliphatic carbocycles. The van der Waals surface area contributed by atoms with Gasteiger partial charge in [0.1, 0.15) is 0 Å². The number of carbonyl (C=O) groups excluding carboxylic acids is 1. The van der Waals surface area contributed by atoms with Gasteiger partial charge in [-0.1, -0.05) is 0 Å². The van der Waals surface area contributed by atoms with Gasteiger partial charge in [0.25, 0.3) is 0 Å². The fraction of sp³-hybridized carbons (Fsp3) is 0.533. The molecule has 2 unspecified atom stereocenters. The molecule has 0 aromatic carbocycles. The molecule has 2 fully saturated rings. The van der Waals surface area contributed by atoms with Crippen molar-refractivity contribution in [2.45, 2.75) is 24.9 Å². The van der Waals surface area contributed by atoms with Gasteiger partial charge < -0.3 is 9.47 Å². The maximum atomic E-state index is 12.7. The smallest absolute Gasteiger partial charge is 0.176 e. The Morgan fingerprint density at radius 1 is 1.35 bits per heavy atom. The van der Waals surface area contributed by atoms with Crippen molar-refractivity contribution in [1.29, 1.82) is 0 Å². The van der Waals surface area contributed by atoms with Crippen LogP contribution < -0.4 is 0 Å². The van der Waals surface area contributed by atoms with Crippen molar-refractivity contribution >= 4 is 37.9 Å². The summed E-state index contributed by atoms with van der Waals surface area (Å²) in [4.78, 5) is 13.6. The maximum absolute atomic E-state index is 12.7. The summed E-state index contributed by atoms with van der Waals surface area (Å²) in [7, 11) is 0. The monoisotopic (exact) mass is 308 g/mol. The second-order valence-electron chi connectivity index (χ2n) is 5.65. The lowest BCUT2D eigenvalue weighted by atomic mass is 9.82. The van der Waals surface area contributed by atoms with Crippen molar-refractivity contribution in [3.63, 3.8) is 0 Å². The SMILES string of the molecule is O=C(c1cc2sccc2s1)C1CCOC2(CCOC2)C1. The largest absolute Gasteiger partial charge is 0.378 e. The van der Waals surface area contributed by atoms with Gasteiger partial charge in [-0.05, 0) is 30.4 Å². The van der Waals surface area contributed by atoms with E-state index in [4.69, 9.17) is 9.47 Å². The molecule has 4 heterocycles. The maximum Gasteiger partial charge on any atom is 0.176 e. The van der Waals surface area contributed by atoms with Crippen molar-refractivity contribution in [1.82, 2.24) is 0 Å². The molecule has 2 aromatic rings. The van der Waals surface area contributed by atoms with Gasteiger partial charge in [-0.25, -0.2) is 0 Å². The molecule has 4 rings (SSSR count). The molecule has 5 heteroatoms. The summed E-state index contributed by atoms with van der Waals surface area (Å²) in [5, 5.41) is 2.08. The Kier molecular flexibility index (Phi) is 3.18. The molecular formula is C15H16O3S2. The summed E-state index contributed by atoms with van der Waals surface area (Å²) < 4.78 is 13.8. The van der Waals surface area contributed by atoms with E-state index in [1.807, 2.05) is 0 Å². The van der Waals surface area contributed by atoms with E-state index in [9.17, 15) is 4.79 Å². The van der Waals surface area contributed by atoms with Crippen LogP contribution in [-0.2, 0) is 9.47 Å². The number of fused-ring (bicyclic) bond motifs is 1. The Labute approximate surface area is 125 Å². The van der Waals surface area contributed by atoms with Crippen LogP contribution in [-0.4, -0.2) is 31.2 Å². The molecule has 0 bridgehead atoms. The van der Waals surface area contributed by atoms with Crippen LogP contribution in [0.25, 0.3) is 9.40 Å². The van der Waals surface area contributed by atoms with Gasteiger partial charge in [0.2, 0.25) is 0 Å². The Hall–Kier alpha value is -0.750. The van der Waals surface area contributed by atoms with Crippen LogP contribution in [0.4, 0.5) is 0 Å². The molecule has 2 aromatic heterocycles. The molecule has 2 atom stereocenters. The zero-order valence-corrected chi connectivity index (χ0v) is 12.7. The molecule has 2 aliphatic heterocycles. The Morgan fingerprint density at radius 3 is 3.10 bits per heavy atom. The number of ketones is 1. The molecule has 106 valence electrons. The minimum Gasteiger partial charge on any atom is -0.378 e. The standard InChI is InChI=1S/C15H16O3S2/c16-14(13-7-12-11(20-13)2-6-19-12)10-1-4-18-15(8-10)3-5-17-9-15/h2,6-7,10H,1,3-5,8-9H2. The van der Waals surface area contributed by atoms with E-state index >= 15 is 0 Å². The van der Waals surface area contributed by atoms with E-state index in [0.717, 1.165) is 30.7 Å². The van der Waals surface area contributed by atoms with Crippen molar-refractivity contribution in [2.24, 2.45) is 5.92 Å². The number of hydrogen-bond donors (Lipinski definition) is 0. The molecule has 20 heavy (non-hydrogen) atoms. The van der Waals surface area contributed by atoms with Gasteiger partial charge in [0.15, 0.2) is 5.78 Å². The second-order valence-corrected chi connectivity index (χ2v) is 7.68. The van der Waals surface area contributed by atoms with Gasteiger partial charge in [0.05, 0.1) is 17.1 Å². The molecular weight excluding hydrogens is 292 g/mol. The van der Waals surface area contributed by atoms with Gasteiger partial charge in [-0.2, -0.15) is 0 Å². The molecule has 0 radical (unpaired) electrons. The number of rotatable bonds is 2. The Bertz CT molecular complexity index is 608. The summed E-state index contributed by atoms with van der Waals surface area (Å²) in [5.41, 5.74) is -0.187. The van der Waals surface area contributed by atoms with Crippen molar-refractivity contribution in [2.75, 3.05) is 19.8 Å². The molecule has 2 aliphatic rings. The third kappa shape index (κ3) is 2.13. The lowest BCUT2D eigenvalue weighted by Gasteiger charge is -2.36. The van der Waals surface area contributed by atoms with Crippen LogP contribution in [0.2, 0.25) is 0 Å². The lowest BCUT2D eigenvalue weighted by molar-refractivity contribution is -0.0920. The molecule has 0 N–H and O–H groups in total. The van der Waals surface area contributed by atoms with Crippen LogP contribution in [0.3, 0.4) is 0 Å². The number of Topliss-reactive ketones (excluding diaryl/α,β-unsaturated/α-hetero) is 1. The van der Waals surface area contributed by atoms with Crippen LogP contribution in [0.5, 0.6) is 0 Å². The highest BCUT2D eigenvalue weighted by Crippen LogP contribution is 2.39. The highest BCUT2D eigenvalue weighted by atomic mass is 32.1. The fourth-order valence-corrected chi connectivity index (χ4v) is 5.33. The van der Waals surface area contributed by atoms with E-state index in [2.05, 4.69) is 17.5 Å². The van der Waals surface area contributed by atoms with Crippen LogP contribution in [0.1, 0.15) is 28.9 Å². The Morgan fingerprint density at radius 2 is 2.30 bits per heavy atom. The fourth-order valence-electron chi connectivity index (χ4n) is 3.20. The van der Waals surface area contributed by atoms with Gasteiger partial charge in [-0.15, -0.1) is 22.7 Å². The van der Waals surface area contributed by atoms with Crippen LogP contribution in [0, 0.1) is 5.92 Å². The number of ether oxygens (including phenoxy) is 2. The van der Waals surface area contributed by atoms with E-state index < -0.39 is 0 Å². The minimum absolute atomic E-state index is 0.0956. The third-order valence-corrected chi connectivity index (χ3v) is 6.42. The van der Waals surface area contributed by atoms with Crippen LogP contribution >= 0.6 is 22.7 Å². The van der Waals surface area contributed by atoms with E-state index in [-0.39, 0.29) is 11.5 Å². The molecule has 0 amide bonds. The summed E-state index contributed by atoms with van der Waals surface area (Å²) in [5.74, 6) is 0.395. The highest BCUT2D eigenvalue weighted by molar-refractivity contribution is 7.27. The summed E-state index contributed by atoms with van der Waals surface area (Å²) in [6, 6.07) is 4.15. The number of thiophene rings is 2. The topological polar surface area (TPSA) is 35.5 Å². The predicted octanol–water partition coefficient (Wildman–Crippen LogP) is 3.73. The summed E-state index contributed by atoms with van der Waals surface area (Å²) in [6.07, 6.45) is 2.58. The first-order valence-electron chi connectivity index (χ1n) is 6.99. The molecule has 0 saturated carbocycles.